The molecule has 134 valence electrons. The molecule has 0 amide bonds. The number of aromatic nitrogens is 2. The first-order valence-corrected chi connectivity index (χ1v) is 12.7. The number of carbonyl (C=O) groups is 1. The Balaban J connectivity index is 2.12. The zero-order valence-corrected chi connectivity index (χ0v) is 16.7. The highest BCUT2D eigenvalue weighted by atomic mass is 28.3. The van der Waals surface area contributed by atoms with Crippen LogP contribution in [-0.4, -0.2) is 36.7 Å². The van der Waals surface area contributed by atoms with Gasteiger partial charge in [-0.2, -0.15) is 0 Å². The second-order valence-electron chi connectivity index (χ2n) is 7.68. The van der Waals surface area contributed by atoms with Crippen molar-refractivity contribution in [2.24, 2.45) is 0 Å². The molecule has 0 aliphatic heterocycles. The fourth-order valence-corrected chi connectivity index (χ4v) is 5.58. The number of carbonyl (C=O) groups excluding carboxylic acids is 1. The minimum absolute atomic E-state index is 0.326. The summed E-state index contributed by atoms with van der Waals surface area (Å²) in [6, 6.07) is 0.380. The minimum Gasteiger partial charge on any atom is -0.462 e. The van der Waals surface area contributed by atoms with Crippen molar-refractivity contribution in [2.75, 3.05) is 11.9 Å². The lowest BCUT2D eigenvalue weighted by Gasteiger charge is -2.36. The van der Waals surface area contributed by atoms with Gasteiger partial charge in [0.05, 0.1) is 12.3 Å². The average molecular weight is 350 g/mol. The van der Waals surface area contributed by atoms with E-state index in [9.17, 15) is 4.79 Å². The van der Waals surface area contributed by atoms with E-state index in [0.29, 0.717) is 30.5 Å². The molecule has 1 aliphatic rings. The highest BCUT2D eigenvalue weighted by molar-refractivity contribution is 6.77. The monoisotopic (exact) mass is 349 g/mol. The van der Waals surface area contributed by atoms with Gasteiger partial charge in [-0.3, -0.25) is 0 Å². The maximum atomic E-state index is 12.3. The smallest absolute Gasteiger partial charge is 0.343 e. The van der Waals surface area contributed by atoms with Gasteiger partial charge in [0.15, 0.2) is 0 Å². The van der Waals surface area contributed by atoms with Crippen molar-refractivity contribution in [3.05, 3.63) is 17.6 Å². The third kappa shape index (κ3) is 4.56. The van der Waals surface area contributed by atoms with Gasteiger partial charge in [0, 0.05) is 14.1 Å². The van der Waals surface area contributed by atoms with Gasteiger partial charge < -0.3 is 10.1 Å². The minimum atomic E-state index is -1.06. The number of anilines is 1. The van der Waals surface area contributed by atoms with E-state index in [1.54, 1.807) is 0 Å². The second-order valence-corrected chi connectivity index (χ2v) is 13.2. The summed E-state index contributed by atoms with van der Waals surface area (Å²) in [5.74, 6) is 0.310. The van der Waals surface area contributed by atoms with Crippen LogP contribution in [0.3, 0.4) is 0 Å². The molecule has 0 saturated heterocycles. The third-order valence-electron chi connectivity index (χ3n) is 5.03. The SMILES string of the molecule is CCOC(=O)c1c(CC)ncnc1N[C@H]1CC[C@@H]([Si](C)(C)C)CC1. The van der Waals surface area contributed by atoms with E-state index in [-0.39, 0.29) is 5.97 Å². The Morgan fingerprint density at radius 3 is 2.42 bits per heavy atom. The van der Waals surface area contributed by atoms with Crippen molar-refractivity contribution in [3.8, 4) is 0 Å². The van der Waals surface area contributed by atoms with Crippen LogP contribution in [0.25, 0.3) is 0 Å². The van der Waals surface area contributed by atoms with Gasteiger partial charge >= 0.3 is 5.97 Å². The Morgan fingerprint density at radius 2 is 1.88 bits per heavy atom. The lowest BCUT2D eigenvalue weighted by molar-refractivity contribution is 0.0525. The van der Waals surface area contributed by atoms with Crippen LogP contribution in [0, 0.1) is 0 Å². The average Bonchev–Trinajstić information content (AvgIpc) is 2.54. The van der Waals surface area contributed by atoms with E-state index in [0.717, 1.165) is 24.1 Å². The summed E-state index contributed by atoms with van der Waals surface area (Å²) in [5, 5.41) is 3.50. The molecule has 1 fully saturated rings. The van der Waals surface area contributed by atoms with E-state index >= 15 is 0 Å². The molecule has 1 aliphatic carbocycles. The van der Waals surface area contributed by atoms with Crippen molar-refractivity contribution in [1.82, 2.24) is 9.97 Å². The van der Waals surface area contributed by atoms with E-state index in [4.69, 9.17) is 4.74 Å². The Kier molecular flexibility index (Phi) is 6.38. The molecular formula is C18H31N3O2Si. The molecule has 1 saturated carbocycles. The van der Waals surface area contributed by atoms with E-state index in [2.05, 4.69) is 34.9 Å². The molecule has 24 heavy (non-hydrogen) atoms. The van der Waals surface area contributed by atoms with Gasteiger partial charge in [-0.15, -0.1) is 0 Å². The van der Waals surface area contributed by atoms with E-state index in [1.807, 2.05) is 13.8 Å². The first-order chi connectivity index (χ1) is 11.4. The summed E-state index contributed by atoms with van der Waals surface area (Å²) in [5.41, 5.74) is 2.16. The summed E-state index contributed by atoms with van der Waals surface area (Å²) >= 11 is 0. The molecule has 2 rings (SSSR count). The zero-order chi connectivity index (χ0) is 17.7. The molecule has 0 spiro atoms. The molecule has 0 radical (unpaired) electrons. The van der Waals surface area contributed by atoms with E-state index < -0.39 is 8.07 Å². The third-order valence-corrected chi connectivity index (χ3v) is 8.06. The van der Waals surface area contributed by atoms with Gasteiger partial charge in [-0.1, -0.05) is 39.4 Å². The van der Waals surface area contributed by atoms with Gasteiger partial charge in [-0.05, 0) is 31.7 Å². The number of nitrogens with one attached hydrogen (secondary N) is 1. The van der Waals surface area contributed by atoms with Crippen LogP contribution in [0.4, 0.5) is 5.82 Å². The fourth-order valence-electron chi connectivity index (χ4n) is 3.51. The Hall–Kier alpha value is -1.43. The number of aryl methyl sites for hydroxylation is 1. The summed E-state index contributed by atoms with van der Waals surface area (Å²) in [7, 11) is -1.06. The molecule has 1 N–H and O–H groups in total. The Bertz CT molecular complexity index is 564. The van der Waals surface area contributed by atoms with Crippen LogP contribution in [-0.2, 0) is 11.2 Å². The first-order valence-electron chi connectivity index (χ1n) is 9.14. The molecule has 0 unspecified atom stereocenters. The normalized spacial score (nSPS) is 21.4. The molecule has 1 aromatic rings. The standard InChI is InChI=1S/C18H31N3O2Si/c1-6-15-16(18(22)23-7-2)17(20-12-19-15)21-13-8-10-14(11-9-13)24(3,4)5/h12-14H,6-11H2,1-5H3,(H,19,20,21)/t13-,14+. The van der Waals surface area contributed by atoms with E-state index in [1.165, 1.54) is 19.2 Å². The fraction of sp³-hybridized carbons (Fsp3) is 0.722. The summed E-state index contributed by atoms with van der Waals surface area (Å²) < 4.78 is 5.21. The number of ether oxygens (including phenoxy) is 1. The molecule has 1 heterocycles. The van der Waals surface area contributed by atoms with Gasteiger partial charge in [0.25, 0.3) is 0 Å². The van der Waals surface area contributed by atoms with Crippen LogP contribution in [0.2, 0.25) is 25.2 Å². The number of nitrogens with zero attached hydrogens (tertiary/aromatic N) is 2. The largest absolute Gasteiger partial charge is 0.462 e. The van der Waals surface area contributed by atoms with Gasteiger partial charge in [0.2, 0.25) is 0 Å². The second kappa shape index (κ2) is 8.10. The van der Waals surface area contributed by atoms with Crippen LogP contribution in [0.15, 0.2) is 6.33 Å². The molecule has 0 bridgehead atoms. The summed E-state index contributed by atoms with van der Waals surface area (Å²) in [6.45, 7) is 11.6. The van der Waals surface area contributed by atoms with Crippen molar-refractivity contribution < 1.29 is 9.53 Å². The van der Waals surface area contributed by atoms with Crippen LogP contribution >= 0.6 is 0 Å². The van der Waals surface area contributed by atoms with Crippen molar-refractivity contribution >= 4 is 19.9 Å². The van der Waals surface area contributed by atoms with Crippen LogP contribution in [0.5, 0.6) is 0 Å². The first kappa shape index (κ1) is 18.9. The van der Waals surface area contributed by atoms with Crippen LogP contribution in [0.1, 0.15) is 55.6 Å². The maximum absolute atomic E-state index is 12.3. The topological polar surface area (TPSA) is 64.1 Å². The zero-order valence-electron chi connectivity index (χ0n) is 15.7. The summed E-state index contributed by atoms with van der Waals surface area (Å²) in [4.78, 5) is 20.9. The number of hydrogen-bond donors (Lipinski definition) is 1. The lowest BCUT2D eigenvalue weighted by atomic mass is 9.94. The quantitative estimate of drug-likeness (QED) is 0.613. The number of esters is 1. The van der Waals surface area contributed by atoms with Crippen LogP contribution < -0.4 is 5.32 Å². The lowest BCUT2D eigenvalue weighted by Crippen LogP contribution is -2.35. The predicted molar refractivity (Wildman–Crippen MR) is 100 cm³/mol. The van der Waals surface area contributed by atoms with Crippen molar-refractivity contribution in [3.63, 3.8) is 0 Å². The van der Waals surface area contributed by atoms with Crippen molar-refractivity contribution in [2.45, 2.75) is 77.2 Å². The molecule has 5 nitrogen and oxygen atoms in total. The summed E-state index contributed by atoms with van der Waals surface area (Å²) in [6.07, 6.45) is 7.05. The number of hydrogen-bond acceptors (Lipinski definition) is 5. The van der Waals surface area contributed by atoms with Gasteiger partial charge in [-0.25, -0.2) is 14.8 Å². The molecule has 0 aromatic carbocycles. The predicted octanol–water partition coefficient (Wildman–Crippen LogP) is 4.28. The molecule has 6 heteroatoms. The van der Waals surface area contributed by atoms with Crippen molar-refractivity contribution in [1.29, 1.82) is 0 Å². The highest BCUT2D eigenvalue weighted by Crippen LogP contribution is 2.37. The molecular weight excluding hydrogens is 318 g/mol. The Labute approximate surface area is 146 Å². The molecule has 1 aromatic heterocycles. The maximum Gasteiger partial charge on any atom is 0.343 e. The molecule has 0 atom stereocenters. The number of rotatable bonds is 6. The highest BCUT2D eigenvalue weighted by Gasteiger charge is 2.31. The Morgan fingerprint density at radius 1 is 1.21 bits per heavy atom. The van der Waals surface area contributed by atoms with Gasteiger partial charge in [0.1, 0.15) is 17.7 Å².